The van der Waals surface area contributed by atoms with Crippen molar-refractivity contribution in [1.82, 2.24) is 0 Å². The van der Waals surface area contributed by atoms with Crippen LogP contribution >= 0.6 is 0 Å². The first-order valence-corrected chi connectivity index (χ1v) is 8.02. The van der Waals surface area contributed by atoms with Crippen LogP contribution in [0.2, 0.25) is 0 Å². The first kappa shape index (κ1) is 15.9. The molecule has 0 bridgehead atoms. The van der Waals surface area contributed by atoms with E-state index in [1.807, 2.05) is 6.92 Å². The van der Waals surface area contributed by atoms with Crippen LogP contribution in [0, 0.1) is 0 Å². The Balaban J connectivity index is 2.67. The second kappa shape index (κ2) is 6.88. The third kappa shape index (κ3) is 4.81. The van der Waals surface area contributed by atoms with E-state index in [-0.39, 0.29) is 11.8 Å². The molecule has 0 heterocycles. The molecule has 0 saturated heterocycles. The number of rotatable bonds is 7. The average molecular weight is 286 g/mol. The highest BCUT2D eigenvalue weighted by Gasteiger charge is 2.13. The van der Waals surface area contributed by atoms with Gasteiger partial charge in [-0.2, -0.15) is 0 Å². The lowest BCUT2D eigenvalue weighted by molar-refractivity contribution is 0.168. The number of anilines is 1. The molecule has 4 N–H and O–H groups in total. The molecule has 108 valence electrons. The van der Waals surface area contributed by atoms with Crippen LogP contribution in [0.4, 0.5) is 5.69 Å². The van der Waals surface area contributed by atoms with Crippen LogP contribution in [0.3, 0.4) is 0 Å². The number of nitrogens with one attached hydrogen (secondary N) is 1. The maximum absolute atomic E-state index is 11.8. The van der Waals surface area contributed by atoms with Crippen molar-refractivity contribution in [2.45, 2.75) is 37.3 Å². The second-order valence-electron chi connectivity index (χ2n) is 4.63. The summed E-state index contributed by atoms with van der Waals surface area (Å²) in [5.74, 6) is 0.159. The topological polar surface area (TPSA) is 92.4 Å². The molecule has 19 heavy (non-hydrogen) atoms. The predicted octanol–water partition coefficient (Wildman–Crippen LogP) is 0.990. The summed E-state index contributed by atoms with van der Waals surface area (Å²) in [5.41, 5.74) is 6.48. The number of benzene rings is 1. The number of aliphatic hydroxyl groups is 1. The van der Waals surface area contributed by atoms with E-state index in [1.54, 1.807) is 31.2 Å². The van der Waals surface area contributed by atoms with Crippen molar-refractivity contribution < 1.29 is 13.5 Å². The molecule has 0 aliphatic heterocycles. The molecule has 0 aliphatic carbocycles. The zero-order valence-corrected chi connectivity index (χ0v) is 12.2. The van der Waals surface area contributed by atoms with Gasteiger partial charge in [-0.1, -0.05) is 6.92 Å². The van der Waals surface area contributed by atoms with Crippen LogP contribution in [0.15, 0.2) is 29.2 Å². The first-order chi connectivity index (χ1) is 8.86. The van der Waals surface area contributed by atoms with Crippen molar-refractivity contribution >= 4 is 15.5 Å². The minimum Gasteiger partial charge on any atom is -0.392 e. The number of sulfone groups is 1. The fourth-order valence-corrected chi connectivity index (χ4v) is 2.90. The van der Waals surface area contributed by atoms with Crippen LogP contribution in [0.5, 0.6) is 0 Å². The summed E-state index contributed by atoms with van der Waals surface area (Å²) in [7, 11) is -3.16. The summed E-state index contributed by atoms with van der Waals surface area (Å²) < 4.78 is 23.7. The van der Waals surface area contributed by atoms with Gasteiger partial charge in [0, 0.05) is 18.3 Å². The van der Waals surface area contributed by atoms with E-state index < -0.39 is 15.9 Å². The van der Waals surface area contributed by atoms with E-state index >= 15 is 0 Å². The Kier molecular flexibility index (Phi) is 5.78. The fraction of sp³-hybridized carbons (Fsp3) is 0.538. The Morgan fingerprint density at radius 1 is 1.32 bits per heavy atom. The van der Waals surface area contributed by atoms with Crippen molar-refractivity contribution in [1.29, 1.82) is 0 Å². The number of hydrogen-bond acceptors (Lipinski definition) is 5. The van der Waals surface area contributed by atoms with Crippen LogP contribution in [-0.4, -0.2) is 38.0 Å². The van der Waals surface area contributed by atoms with Gasteiger partial charge in [-0.3, -0.25) is 0 Å². The number of hydrogen-bond donors (Lipinski definition) is 3. The lowest BCUT2D eigenvalue weighted by atomic mass is 10.2. The molecule has 1 aromatic carbocycles. The predicted molar refractivity (Wildman–Crippen MR) is 76.9 cm³/mol. The minimum absolute atomic E-state index is 0.159. The average Bonchev–Trinajstić information content (AvgIpc) is 2.36. The van der Waals surface area contributed by atoms with E-state index in [0.29, 0.717) is 17.9 Å². The van der Waals surface area contributed by atoms with E-state index in [2.05, 4.69) is 5.32 Å². The molecule has 2 unspecified atom stereocenters. The van der Waals surface area contributed by atoms with Gasteiger partial charge in [0.15, 0.2) is 9.84 Å². The van der Waals surface area contributed by atoms with Gasteiger partial charge in [-0.15, -0.1) is 0 Å². The SMILES string of the molecule is CCCS(=O)(=O)c1ccc(NCC(N)C(C)O)cc1. The first-order valence-electron chi connectivity index (χ1n) is 6.37. The highest BCUT2D eigenvalue weighted by atomic mass is 32.2. The Hall–Kier alpha value is -1.11. The van der Waals surface area contributed by atoms with Crippen molar-refractivity contribution in [2.75, 3.05) is 17.6 Å². The fourth-order valence-electron chi connectivity index (χ4n) is 1.57. The van der Waals surface area contributed by atoms with Crippen molar-refractivity contribution in [3.63, 3.8) is 0 Å². The lowest BCUT2D eigenvalue weighted by Crippen LogP contribution is -2.38. The minimum atomic E-state index is -3.16. The van der Waals surface area contributed by atoms with Crippen molar-refractivity contribution in [3.8, 4) is 0 Å². The molecule has 0 aliphatic rings. The summed E-state index contributed by atoms with van der Waals surface area (Å²) in [6.45, 7) is 3.90. The molecule has 1 aromatic rings. The highest BCUT2D eigenvalue weighted by molar-refractivity contribution is 7.91. The lowest BCUT2D eigenvalue weighted by Gasteiger charge is -2.16. The van der Waals surface area contributed by atoms with Crippen LogP contribution < -0.4 is 11.1 Å². The summed E-state index contributed by atoms with van der Waals surface area (Å²) in [4.78, 5) is 0.333. The largest absolute Gasteiger partial charge is 0.392 e. The van der Waals surface area contributed by atoms with E-state index in [9.17, 15) is 13.5 Å². The van der Waals surface area contributed by atoms with E-state index in [4.69, 9.17) is 5.73 Å². The van der Waals surface area contributed by atoms with Gasteiger partial charge >= 0.3 is 0 Å². The normalized spacial score (nSPS) is 14.9. The molecule has 0 spiro atoms. The third-order valence-corrected chi connectivity index (χ3v) is 4.78. The Labute approximate surface area is 114 Å². The molecular formula is C13H22N2O3S. The molecule has 0 radical (unpaired) electrons. The van der Waals surface area contributed by atoms with Crippen molar-refractivity contribution in [2.24, 2.45) is 5.73 Å². The van der Waals surface area contributed by atoms with Gasteiger partial charge in [0.25, 0.3) is 0 Å². The zero-order valence-electron chi connectivity index (χ0n) is 11.3. The molecule has 0 fully saturated rings. The van der Waals surface area contributed by atoms with Crippen LogP contribution in [-0.2, 0) is 9.84 Å². The molecule has 1 rings (SSSR count). The van der Waals surface area contributed by atoms with Gasteiger partial charge in [0.1, 0.15) is 0 Å². The second-order valence-corrected chi connectivity index (χ2v) is 6.74. The van der Waals surface area contributed by atoms with Gasteiger partial charge in [-0.05, 0) is 37.6 Å². The quantitative estimate of drug-likeness (QED) is 0.695. The molecule has 5 nitrogen and oxygen atoms in total. The maximum atomic E-state index is 11.8. The summed E-state index contributed by atoms with van der Waals surface area (Å²) in [6.07, 6.45) is 0.0164. The van der Waals surface area contributed by atoms with Crippen LogP contribution in [0.1, 0.15) is 20.3 Å². The number of aliphatic hydroxyl groups excluding tert-OH is 1. The van der Waals surface area contributed by atoms with Gasteiger partial charge in [0.05, 0.1) is 16.8 Å². The molecule has 0 saturated carbocycles. The van der Waals surface area contributed by atoms with Gasteiger partial charge in [0.2, 0.25) is 0 Å². The van der Waals surface area contributed by atoms with E-state index in [0.717, 1.165) is 5.69 Å². The maximum Gasteiger partial charge on any atom is 0.178 e. The Morgan fingerprint density at radius 3 is 2.37 bits per heavy atom. The highest BCUT2D eigenvalue weighted by Crippen LogP contribution is 2.16. The van der Waals surface area contributed by atoms with E-state index in [1.165, 1.54) is 0 Å². The molecule has 0 aromatic heterocycles. The summed E-state index contributed by atoms with van der Waals surface area (Å²) in [6, 6.07) is 6.22. The smallest absolute Gasteiger partial charge is 0.178 e. The number of nitrogens with two attached hydrogens (primary N) is 1. The Bertz CT molecular complexity index is 483. The summed E-state index contributed by atoms with van der Waals surface area (Å²) in [5, 5.41) is 12.3. The standard InChI is InChI=1S/C13H22N2O3S/c1-3-8-19(17,18)12-6-4-11(5-7-12)15-9-13(14)10(2)16/h4-7,10,13,15-16H,3,8-9,14H2,1-2H3. The van der Waals surface area contributed by atoms with Crippen LogP contribution in [0.25, 0.3) is 0 Å². The van der Waals surface area contributed by atoms with Gasteiger partial charge in [-0.25, -0.2) is 8.42 Å². The molecular weight excluding hydrogens is 264 g/mol. The Morgan fingerprint density at radius 2 is 1.89 bits per heavy atom. The summed E-state index contributed by atoms with van der Waals surface area (Å²) >= 11 is 0. The molecule has 2 atom stereocenters. The van der Waals surface area contributed by atoms with Crippen molar-refractivity contribution in [3.05, 3.63) is 24.3 Å². The monoisotopic (exact) mass is 286 g/mol. The third-order valence-electron chi connectivity index (χ3n) is 2.85. The molecule has 0 amide bonds. The zero-order chi connectivity index (χ0) is 14.5. The molecule has 6 heteroatoms. The van der Waals surface area contributed by atoms with Gasteiger partial charge < -0.3 is 16.2 Å².